The van der Waals surface area contributed by atoms with E-state index in [-0.39, 0.29) is 17.6 Å². The van der Waals surface area contributed by atoms with Gasteiger partial charge >= 0.3 is 0 Å². The molecule has 1 aromatic heterocycles. The van der Waals surface area contributed by atoms with Gasteiger partial charge in [0.2, 0.25) is 5.91 Å². The van der Waals surface area contributed by atoms with Gasteiger partial charge < -0.3 is 14.2 Å². The fourth-order valence-electron chi connectivity index (χ4n) is 4.02. The molecule has 0 radical (unpaired) electrons. The summed E-state index contributed by atoms with van der Waals surface area (Å²) in [7, 11) is 0. The third kappa shape index (κ3) is 2.87. The van der Waals surface area contributed by atoms with Gasteiger partial charge in [-0.25, -0.2) is 9.37 Å². The predicted molar refractivity (Wildman–Crippen MR) is 92.1 cm³/mol. The van der Waals surface area contributed by atoms with Gasteiger partial charge in [0.1, 0.15) is 12.1 Å². The summed E-state index contributed by atoms with van der Waals surface area (Å²) in [5.41, 5.74) is 0.591. The summed E-state index contributed by atoms with van der Waals surface area (Å²) in [6.07, 6.45) is 5.58. The van der Waals surface area contributed by atoms with Gasteiger partial charge in [-0.15, -0.1) is 0 Å². The summed E-state index contributed by atoms with van der Waals surface area (Å²) < 4.78 is 18.1. The molecule has 2 saturated heterocycles. The number of nitrogens with zero attached hydrogens (tertiary/aromatic N) is 3. The van der Waals surface area contributed by atoms with E-state index in [0.29, 0.717) is 38.2 Å². The average Bonchev–Trinajstić information content (AvgIpc) is 3.20. The zero-order chi connectivity index (χ0) is 18.1. The van der Waals surface area contributed by atoms with Crippen LogP contribution < -0.4 is 4.90 Å². The fraction of sp³-hybridized carbons (Fsp3) is 0.421. The SMILES string of the molecule is O=C(c1cocn1)N1CCC2(CCCN(c3ccc(F)cc3)C2=O)CC1. The number of piperidine rings is 2. The lowest BCUT2D eigenvalue weighted by Crippen LogP contribution is -2.54. The zero-order valence-electron chi connectivity index (χ0n) is 14.4. The highest BCUT2D eigenvalue weighted by Gasteiger charge is 2.46. The maximum Gasteiger partial charge on any atom is 0.275 e. The Balaban J connectivity index is 1.48. The Hall–Kier alpha value is -2.70. The molecule has 2 aliphatic heterocycles. The largest absolute Gasteiger partial charge is 0.451 e. The Morgan fingerprint density at radius 2 is 1.85 bits per heavy atom. The average molecular weight is 357 g/mol. The molecule has 3 heterocycles. The molecule has 0 aliphatic carbocycles. The predicted octanol–water partition coefficient (Wildman–Crippen LogP) is 2.86. The minimum Gasteiger partial charge on any atom is -0.451 e. The molecule has 2 amide bonds. The highest BCUT2D eigenvalue weighted by atomic mass is 19.1. The molecule has 2 aliphatic rings. The molecular weight excluding hydrogens is 337 g/mol. The second-order valence-corrected chi connectivity index (χ2v) is 6.98. The Labute approximate surface area is 150 Å². The first-order chi connectivity index (χ1) is 12.6. The Bertz CT molecular complexity index is 796. The van der Waals surface area contributed by atoms with Crippen molar-refractivity contribution in [3.8, 4) is 0 Å². The van der Waals surface area contributed by atoms with Crippen molar-refractivity contribution in [3.63, 3.8) is 0 Å². The van der Waals surface area contributed by atoms with Crippen LogP contribution in [0.3, 0.4) is 0 Å². The molecule has 0 saturated carbocycles. The number of hydrogen-bond donors (Lipinski definition) is 0. The molecule has 0 N–H and O–H groups in total. The van der Waals surface area contributed by atoms with Crippen LogP contribution in [-0.4, -0.2) is 41.3 Å². The second kappa shape index (κ2) is 6.55. The number of halogens is 1. The van der Waals surface area contributed by atoms with E-state index in [9.17, 15) is 14.0 Å². The lowest BCUT2D eigenvalue weighted by atomic mass is 9.71. The van der Waals surface area contributed by atoms with Crippen LogP contribution in [0.25, 0.3) is 0 Å². The van der Waals surface area contributed by atoms with Gasteiger partial charge in [-0.05, 0) is 49.9 Å². The first-order valence-electron chi connectivity index (χ1n) is 8.84. The zero-order valence-corrected chi connectivity index (χ0v) is 14.4. The van der Waals surface area contributed by atoms with E-state index in [0.717, 1.165) is 18.5 Å². The van der Waals surface area contributed by atoms with E-state index >= 15 is 0 Å². The minimum absolute atomic E-state index is 0.0869. The van der Waals surface area contributed by atoms with Crippen molar-refractivity contribution in [2.75, 3.05) is 24.5 Å². The van der Waals surface area contributed by atoms with Crippen molar-refractivity contribution in [2.45, 2.75) is 25.7 Å². The van der Waals surface area contributed by atoms with Crippen LogP contribution in [0.15, 0.2) is 41.3 Å². The molecule has 2 aromatic rings. The molecule has 136 valence electrons. The minimum atomic E-state index is -0.437. The van der Waals surface area contributed by atoms with Crippen molar-refractivity contribution in [2.24, 2.45) is 5.41 Å². The number of hydrogen-bond acceptors (Lipinski definition) is 4. The lowest BCUT2D eigenvalue weighted by Gasteiger charge is -2.46. The van der Waals surface area contributed by atoms with Crippen molar-refractivity contribution in [1.82, 2.24) is 9.88 Å². The standard InChI is InChI=1S/C19H20FN3O3/c20-14-2-4-15(5-3-14)23-9-1-6-19(18(23)25)7-10-22(11-8-19)17(24)16-12-26-13-21-16/h2-5,12-13H,1,6-11H2. The van der Waals surface area contributed by atoms with E-state index in [1.165, 1.54) is 24.8 Å². The van der Waals surface area contributed by atoms with Crippen LogP contribution in [0.1, 0.15) is 36.2 Å². The van der Waals surface area contributed by atoms with Gasteiger partial charge in [-0.2, -0.15) is 0 Å². The quantitative estimate of drug-likeness (QED) is 0.829. The maximum atomic E-state index is 13.2. The molecular formula is C19H20FN3O3. The second-order valence-electron chi connectivity index (χ2n) is 6.98. The van der Waals surface area contributed by atoms with E-state index < -0.39 is 5.41 Å². The molecule has 0 bridgehead atoms. The number of rotatable bonds is 2. The molecule has 26 heavy (non-hydrogen) atoms. The van der Waals surface area contributed by atoms with Crippen LogP contribution in [-0.2, 0) is 4.79 Å². The van der Waals surface area contributed by atoms with Crippen molar-refractivity contribution < 1.29 is 18.4 Å². The fourth-order valence-corrected chi connectivity index (χ4v) is 4.02. The van der Waals surface area contributed by atoms with Gasteiger partial charge in [-0.3, -0.25) is 9.59 Å². The number of benzene rings is 1. The lowest BCUT2D eigenvalue weighted by molar-refractivity contribution is -0.133. The van der Waals surface area contributed by atoms with Gasteiger partial charge in [0, 0.05) is 25.3 Å². The summed E-state index contributed by atoms with van der Waals surface area (Å²) >= 11 is 0. The smallest absolute Gasteiger partial charge is 0.275 e. The molecule has 4 rings (SSSR count). The van der Waals surface area contributed by atoms with Gasteiger partial charge in [0.15, 0.2) is 12.1 Å². The van der Waals surface area contributed by atoms with Crippen LogP contribution >= 0.6 is 0 Å². The van der Waals surface area contributed by atoms with Crippen molar-refractivity contribution >= 4 is 17.5 Å². The van der Waals surface area contributed by atoms with E-state index in [1.54, 1.807) is 21.9 Å². The number of aromatic nitrogens is 1. The van der Waals surface area contributed by atoms with Gasteiger partial charge in [0.25, 0.3) is 5.91 Å². The summed E-state index contributed by atoms with van der Waals surface area (Å²) in [4.78, 5) is 33.0. The van der Waals surface area contributed by atoms with Gasteiger partial charge in [-0.1, -0.05) is 0 Å². The van der Waals surface area contributed by atoms with Crippen molar-refractivity contribution in [1.29, 1.82) is 0 Å². The Morgan fingerprint density at radius 3 is 2.50 bits per heavy atom. The number of amides is 2. The Morgan fingerprint density at radius 1 is 1.12 bits per heavy atom. The topological polar surface area (TPSA) is 66.7 Å². The molecule has 6 nitrogen and oxygen atoms in total. The first-order valence-corrected chi connectivity index (χ1v) is 8.84. The highest BCUT2D eigenvalue weighted by molar-refractivity contribution is 5.99. The molecule has 0 unspecified atom stereocenters. The van der Waals surface area contributed by atoms with Crippen LogP contribution in [0.5, 0.6) is 0 Å². The number of likely N-dealkylation sites (tertiary alicyclic amines) is 1. The van der Waals surface area contributed by atoms with Gasteiger partial charge in [0.05, 0.1) is 5.41 Å². The molecule has 2 fully saturated rings. The molecule has 7 heteroatoms. The summed E-state index contributed by atoms with van der Waals surface area (Å²) in [5.74, 6) is -0.385. The monoisotopic (exact) mass is 357 g/mol. The van der Waals surface area contributed by atoms with Crippen molar-refractivity contribution in [3.05, 3.63) is 48.4 Å². The van der Waals surface area contributed by atoms with Crippen LogP contribution in [0.2, 0.25) is 0 Å². The number of carbonyl (C=O) groups is 2. The van der Waals surface area contributed by atoms with E-state index in [1.807, 2.05) is 0 Å². The highest BCUT2D eigenvalue weighted by Crippen LogP contribution is 2.42. The first kappa shape index (κ1) is 16.8. The summed E-state index contributed by atoms with van der Waals surface area (Å²) in [6.45, 7) is 1.69. The molecule has 0 atom stereocenters. The normalized spacial score (nSPS) is 19.8. The maximum absolute atomic E-state index is 13.2. The number of anilines is 1. The van der Waals surface area contributed by atoms with E-state index in [4.69, 9.17) is 4.42 Å². The van der Waals surface area contributed by atoms with E-state index in [2.05, 4.69) is 4.98 Å². The third-order valence-electron chi connectivity index (χ3n) is 5.53. The molecule has 1 aromatic carbocycles. The molecule has 1 spiro atoms. The van der Waals surface area contributed by atoms with Crippen LogP contribution in [0.4, 0.5) is 10.1 Å². The summed E-state index contributed by atoms with van der Waals surface area (Å²) in [5, 5.41) is 0. The third-order valence-corrected chi connectivity index (χ3v) is 5.53. The number of carbonyl (C=O) groups excluding carboxylic acids is 2. The van der Waals surface area contributed by atoms with Crippen LogP contribution in [0, 0.1) is 11.2 Å². The number of oxazole rings is 1. The Kier molecular flexibility index (Phi) is 4.22. The summed E-state index contributed by atoms with van der Waals surface area (Å²) in [6, 6.07) is 6.05.